The first-order valence-corrected chi connectivity index (χ1v) is 7.69. The third-order valence-electron chi connectivity index (χ3n) is 4.34. The van der Waals surface area contributed by atoms with Crippen molar-refractivity contribution in [3.05, 3.63) is 0 Å². The van der Waals surface area contributed by atoms with Crippen LogP contribution < -0.4 is 11.5 Å². The van der Waals surface area contributed by atoms with Crippen molar-refractivity contribution < 1.29 is 4.79 Å². The molecule has 1 rings (SSSR count). The summed E-state index contributed by atoms with van der Waals surface area (Å²) >= 11 is 0. The van der Waals surface area contributed by atoms with Gasteiger partial charge in [0.15, 0.2) is 0 Å². The molecule has 1 fully saturated rings. The van der Waals surface area contributed by atoms with Gasteiger partial charge in [0.05, 0.1) is 5.54 Å². The Morgan fingerprint density at radius 3 is 2.47 bits per heavy atom. The Hall–Kier alpha value is -0.610. The molecule has 1 amide bonds. The zero-order valence-electron chi connectivity index (χ0n) is 12.7. The van der Waals surface area contributed by atoms with E-state index in [1.165, 1.54) is 38.6 Å². The summed E-state index contributed by atoms with van der Waals surface area (Å²) < 4.78 is 0. The maximum Gasteiger partial charge on any atom is 0.237 e. The summed E-state index contributed by atoms with van der Waals surface area (Å²) in [5.74, 6) is 0.493. The molecular weight excluding hydrogens is 238 g/mol. The topological polar surface area (TPSA) is 72.3 Å². The summed E-state index contributed by atoms with van der Waals surface area (Å²) in [6.45, 7) is 4.03. The lowest BCUT2D eigenvalue weighted by Gasteiger charge is -2.27. The van der Waals surface area contributed by atoms with E-state index in [0.717, 1.165) is 25.3 Å². The molecule has 0 saturated heterocycles. The van der Waals surface area contributed by atoms with E-state index in [2.05, 4.69) is 11.9 Å². The molecule has 0 aromatic heterocycles. The number of hydrogen-bond acceptors (Lipinski definition) is 3. The first kappa shape index (κ1) is 16.4. The van der Waals surface area contributed by atoms with Crippen molar-refractivity contribution >= 4 is 5.91 Å². The third-order valence-corrected chi connectivity index (χ3v) is 4.34. The quantitative estimate of drug-likeness (QED) is 0.661. The fourth-order valence-electron chi connectivity index (χ4n) is 2.90. The highest BCUT2D eigenvalue weighted by molar-refractivity contribution is 5.83. The number of unbranched alkanes of at least 4 members (excludes halogenated alkanes) is 1. The lowest BCUT2D eigenvalue weighted by atomic mass is 9.89. The number of nitrogens with zero attached hydrogens (tertiary/aromatic N) is 1. The van der Waals surface area contributed by atoms with E-state index in [0.29, 0.717) is 6.42 Å². The Bertz CT molecular complexity index is 273. The lowest BCUT2D eigenvalue weighted by molar-refractivity contribution is -0.122. The second kappa shape index (κ2) is 7.85. The minimum absolute atomic E-state index is 0.400. The highest BCUT2D eigenvalue weighted by atomic mass is 16.1. The monoisotopic (exact) mass is 269 g/mol. The number of primary amides is 1. The standard InChI is InChI=1S/C15H31N3O/c1-15(17,14(16)19)10-6-7-11-18(2)12-13-8-4-3-5-9-13/h13H,3-12,17H2,1-2H3,(H2,16,19). The average Bonchev–Trinajstić information content (AvgIpc) is 2.36. The normalized spacial score (nSPS) is 20.4. The second-order valence-corrected chi connectivity index (χ2v) is 6.51. The minimum atomic E-state index is -0.845. The molecule has 1 aliphatic carbocycles. The van der Waals surface area contributed by atoms with Crippen molar-refractivity contribution in [3.8, 4) is 0 Å². The smallest absolute Gasteiger partial charge is 0.237 e. The van der Waals surface area contributed by atoms with Crippen molar-refractivity contribution in [2.24, 2.45) is 17.4 Å². The lowest BCUT2D eigenvalue weighted by Crippen LogP contribution is -2.49. The molecule has 0 aliphatic heterocycles. The molecule has 0 spiro atoms. The van der Waals surface area contributed by atoms with Gasteiger partial charge in [-0.1, -0.05) is 19.3 Å². The van der Waals surface area contributed by atoms with E-state index in [9.17, 15) is 4.79 Å². The van der Waals surface area contributed by atoms with E-state index in [1.54, 1.807) is 6.92 Å². The van der Waals surface area contributed by atoms with Gasteiger partial charge in [-0.05, 0) is 58.5 Å². The summed E-state index contributed by atoms with van der Waals surface area (Å²) in [5.41, 5.74) is 10.3. The summed E-state index contributed by atoms with van der Waals surface area (Å²) in [6.07, 6.45) is 9.75. The van der Waals surface area contributed by atoms with E-state index in [1.807, 2.05) is 0 Å². The van der Waals surface area contributed by atoms with Gasteiger partial charge in [0.1, 0.15) is 0 Å². The largest absolute Gasteiger partial charge is 0.368 e. The van der Waals surface area contributed by atoms with Crippen LogP contribution in [0.25, 0.3) is 0 Å². The first-order valence-electron chi connectivity index (χ1n) is 7.69. The van der Waals surface area contributed by atoms with Gasteiger partial charge in [0, 0.05) is 6.54 Å². The van der Waals surface area contributed by atoms with Crippen molar-refractivity contribution in [1.82, 2.24) is 4.90 Å². The Labute approximate surface area is 117 Å². The minimum Gasteiger partial charge on any atom is -0.368 e. The van der Waals surface area contributed by atoms with Gasteiger partial charge in [-0.2, -0.15) is 0 Å². The molecule has 1 unspecified atom stereocenters. The number of carbonyl (C=O) groups excluding carboxylic acids is 1. The fraction of sp³-hybridized carbons (Fsp3) is 0.933. The van der Waals surface area contributed by atoms with Gasteiger partial charge in [-0.25, -0.2) is 0 Å². The molecule has 4 nitrogen and oxygen atoms in total. The van der Waals surface area contributed by atoms with Gasteiger partial charge in [-0.15, -0.1) is 0 Å². The van der Waals surface area contributed by atoms with E-state index >= 15 is 0 Å². The highest BCUT2D eigenvalue weighted by Gasteiger charge is 2.24. The molecule has 1 saturated carbocycles. The molecule has 1 atom stereocenters. The Kier molecular flexibility index (Phi) is 6.80. The van der Waals surface area contributed by atoms with Crippen LogP contribution >= 0.6 is 0 Å². The summed E-state index contributed by atoms with van der Waals surface area (Å²) in [4.78, 5) is 13.5. The van der Waals surface area contributed by atoms with Crippen molar-refractivity contribution in [1.29, 1.82) is 0 Å². The molecule has 0 radical (unpaired) electrons. The maximum absolute atomic E-state index is 11.1. The van der Waals surface area contributed by atoms with E-state index in [4.69, 9.17) is 11.5 Å². The zero-order valence-corrected chi connectivity index (χ0v) is 12.7. The fourth-order valence-corrected chi connectivity index (χ4v) is 2.90. The van der Waals surface area contributed by atoms with Crippen LogP contribution in [0.3, 0.4) is 0 Å². The van der Waals surface area contributed by atoms with Crippen LogP contribution in [0.4, 0.5) is 0 Å². The predicted octanol–water partition coefficient (Wildman–Crippen LogP) is 1.87. The van der Waals surface area contributed by atoms with Gasteiger partial charge >= 0.3 is 0 Å². The van der Waals surface area contributed by atoms with Crippen LogP contribution in [0.5, 0.6) is 0 Å². The summed E-state index contributed by atoms with van der Waals surface area (Å²) in [5, 5.41) is 0. The zero-order chi connectivity index (χ0) is 14.3. The van der Waals surface area contributed by atoms with Gasteiger partial charge < -0.3 is 16.4 Å². The van der Waals surface area contributed by atoms with Crippen molar-refractivity contribution in [2.75, 3.05) is 20.1 Å². The summed E-state index contributed by atoms with van der Waals surface area (Å²) in [6, 6.07) is 0. The third kappa shape index (κ3) is 6.39. The Morgan fingerprint density at radius 1 is 1.26 bits per heavy atom. The molecule has 0 aromatic carbocycles. The van der Waals surface area contributed by atoms with Crippen LogP contribution in [0, 0.1) is 5.92 Å². The molecule has 112 valence electrons. The van der Waals surface area contributed by atoms with Crippen LogP contribution in [-0.4, -0.2) is 36.5 Å². The van der Waals surface area contributed by atoms with Crippen LogP contribution in [0.2, 0.25) is 0 Å². The van der Waals surface area contributed by atoms with Crippen LogP contribution in [0.1, 0.15) is 58.3 Å². The van der Waals surface area contributed by atoms with Gasteiger partial charge in [0.25, 0.3) is 0 Å². The number of carbonyl (C=O) groups is 1. The molecule has 0 bridgehead atoms. The molecule has 0 aromatic rings. The molecule has 4 heteroatoms. The molecular formula is C15H31N3O. The average molecular weight is 269 g/mol. The Balaban J connectivity index is 2.09. The van der Waals surface area contributed by atoms with Crippen LogP contribution in [0.15, 0.2) is 0 Å². The molecule has 19 heavy (non-hydrogen) atoms. The highest BCUT2D eigenvalue weighted by Crippen LogP contribution is 2.24. The SMILES string of the molecule is CN(CCCCC(C)(N)C(N)=O)CC1CCCCC1. The molecule has 1 aliphatic rings. The van der Waals surface area contributed by atoms with Crippen molar-refractivity contribution in [3.63, 3.8) is 0 Å². The maximum atomic E-state index is 11.1. The van der Waals surface area contributed by atoms with Crippen molar-refractivity contribution in [2.45, 2.75) is 63.8 Å². The Morgan fingerprint density at radius 2 is 1.89 bits per heavy atom. The number of amides is 1. The molecule has 4 N–H and O–H groups in total. The number of rotatable bonds is 8. The summed E-state index contributed by atoms with van der Waals surface area (Å²) in [7, 11) is 2.20. The van der Waals surface area contributed by atoms with Crippen LogP contribution in [-0.2, 0) is 4.79 Å². The first-order chi connectivity index (χ1) is 8.92. The second-order valence-electron chi connectivity index (χ2n) is 6.51. The number of nitrogens with two attached hydrogens (primary N) is 2. The van der Waals surface area contributed by atoms with E-state index < -0.39 is 11.4 Å². The predicted molar refractivity (Wildman–Crippen MR) is 79.7 cm³/mol. The van der Waals surface area contributed by atoms with Gasteiger partial charge in [0.2, 0.25) is 5.91 Å². The molecule has 0 heterocycles. The van der Waals surface area contributed by atoms with E-state index in [-0.39, 0.29) is 0 Å². The number of hydrogen-bond donors (Lipinski definition) is 2. The van der Waals surface area contributed by atoms with Gasteiger partial charge in [-0.3, -0.25) is 4.79 Å².